The maximum atomic E-state index is 10.6. The van der Waals surface area contributed by atoms with E-state index in [0.29, 0.717) is 12.5 Å². The Morgan fingerprint density at radius 2 is 1.89 bits per heavy atom. The number of aliphatic hydroxyl groups is 1. The van der Waals surface area contributed by atoms with Crippen molar-refractivity contribution in [1.29, 1.82) is 0 Å². The number of rotatable bonds is 5. The van der Waals surface area contributed by atoms with Crippen molar-refractivity contribution in [2.24, 2.45) is 11.7 Å². The van der Waals surface area contributed by atoms with E-state index in [1.54, 1.807) is 0 Å². The van der Waals surface area contributed by atoms with Gasteiger partial charge in [-0.1, -0.05) is 56.4 Å². The molecule has 2 unspecified atom stereocenters. The van der Waals surface area contributed by atoms with Gasteiger partial charge < -0.3 is 10.8 Å². The zero-order valence-electron chi connectivity index (χ0n) is 12.0. The molecule has 1 fully saturated rings. The Labute approximate surface area is 117 Å². The second-order valence-electron chi connectivity index (χ2n) is 6.01. The van der Waals surface area contributed by atoms with Crippen molar-refractivity contribution in [3.8, 4) is 0 Å². The zero-order chi connectivity index (χ0) is 13.7. The molecule has 3 N–H and O–H groups in total. The molecule has 2 rings (SSSR count). The van der Waals surface area contributed by atoms with E-state index in [1.165, 1.54) is 43.2 Å². The van der Waals surface area contributed by atoms with Crippen LogP contribution in [0.4, 0.5) is 0 Å². The Hall–Kier alpha value is -0.860. The van der Waals surface area contributed by atoms with Crippen LogP contribution in [0.1, 0.15) is 55.6 Å². The van der Waals surface area contributed by atoms with Gasteiger partial charge in [-0.3, -0.25) is 0 Å². The third kappa shape index (κ3) is 3.80. The second-order valence-corrected chi connectivity index (χ2v) is 6.01. The molecule has 0 heterocycles. The van der Waals surface area contributed by atoms with E-state index in [0.717, 1.165) is 6.42 Å². The Morgan fingerprint density at radius 3 is 2.53 bits per heavy atom. The highest BCUT2D eigenvalue weighted by atomic mass is 16.3. The van der Waals surface area contributed by atoms with Crippen LogP contribution < -0.4 is 5.73 Å². The minimum Gasteiger partial charge on any atom is -0.392 e. The van der Waals surface area contributed by atoms with Crippen molar-refractivity contribution in [2.45, 2.75) is 57.5 Å². The van der Waals surface area contributed by atoms with Gasteiger partial charge in [-0.15, -0.1) is 0 Å². The molecule has 1 aromatic rings. The average molecular weight is 261 g/mol. The average Bonchev–Trinajstić information content (AvgIpc) is 2.43. The predicted octanol–water partition coefficient (Wildman–Crippen LogP) is 3.37. The fraction of sp³-hybridized carbons (Fsp3) is 0.647. The molecule has 1 aliphatic carbocycles. The lowest BCUT2D eigenvalue weighted by atomic mass is 9.80. The summed E-state index contributed by atoms with van der Waals surface area (Å²) in [6.45, 7) is 2.63. The van der Waals surface area contributed by atoms with Gasteiger partial charge in [0, 0.05) is 12.5 Å². The summed E-state index contributed by atoms with van der Waals surface area (Å²) >= 11 is 0. The van der Waals surface area contributed by atoms with Crippen molar-refractivity contribution in [3.05, 3.63) is 35.4 Å². The molecule has 2 atom stereocenters. The first-order chi connectivity index (χ1) is 9.22. The molecule has 0 saturated heterocycles. The zero-order valence-corrected chi connectivity index (χ0v) is 12.0. The molecule has 1 saturated carbocycles. The topological polar surface area (TPSA) is 46.2 Å². The van der Waals surface area contributed by atoms with Gasteiger partial charge in [0.15, 0.2) is 0 Å². The van der Waals surface area contributed by atoms with Crippen LogP contribution in [0.25, 0.3) is 0 Å². The van der Waals surface area contributed by atoms with Crippen LogP contribution in [0.5, 0.6) is 0 Å². The van der Waals surface area contributed by atoms with Gasteiger partial charge >= 0.3 is 0 Å². The quantitative estimate of drug-likeness (QED) is 0.853. The van der Waals surface area contributed by atoms with E-state index in [4.69, 9.17) is 5.73 Å². The molecule has 0 aromatic heterocycles. The normalized spacial score (nSPS) is 20.2. The van der Waals surface area contributed by atoms with Crippen molar-refractivity contribution >= 4 is 0 Å². The fourth-order valence-corrected chi connectivity index (χ4v) is 3.42. The minimum absolute atomic E-state index is 0.0862. The van der Waals surface area contributed by atoms with Crippen molar-refractivity contribution in [1.82, 2.24) is 0 Å². The summed E-state index contributed by atoms with van der Waals surface area (Å²) in [6.07, 6.45) is 7.20. The molecule has 106 valence electrons. The van der Waals surface area contributed by atoms with Crippen LogP contribution in [0, 0.1) is 12.8 Å². The number of aryl methyl sites for hydroxylation is 1. The molecule has 19 heavy (non-hydrogen) atoms. The summed E-state index contributed by atoms with van der Waals surface area (Å²) in [5, 5.41) is 10.6. The standard InChI is InChI=1S/C17H27NO/c1-13-7-5-6-10-15(13)16(12-18)17(19)11-14-8-3-2-4-9-14/h5-7,10,14,16-17,19H,2-4,8-9,11-12,18H2,1H3. The van der Waals surface area contributed by atoms with E-state index in [-0.39, 0.29) is 12.0 Å². The second kappa shape index (κ2) is 7.06. The molecule has 2 heteroatoms. The first-order valence-electron chi connectivity index (χ1n) is 7.66. The highest BCUT2D eigenvalue weighted by molar-refractivity contribution is 5.30. The van der Waals surface area contributed by atoms with E-state index < -0.39 is 0 Å². The number of benzene rings is 1. The summed E-state index contributed by atoms with van der Waals surface area (Å²) in [5.74, 6) is 0.782. The first-order valence-corrected chi connectivity index (χ1v) is 7.66. The summed E-state index contributed by atoms with van der Waals surface area (Å²) in [7, 11) is 0. The van der Waals surface area contributed by atoms with E-state index in [9.17, 15) is 5.11 Å². The molecule has 0 bridgehead atoms. The molecular weight excluding hydrogens is 234 g/mol. The maximum Gasteiger partial charge on any atom is 0.0623 e. The Kier molecular flexibility index (Phi) is 5.41. The van der Waals surface area contributed by atoms with Gasteiger partial charge in [-0.2, -0.15) is 0 Å². The highest BCUT2D eigenvalue weighted by Crippen LogP contribution is 2.32. The van der Waals surface area contributed by atoms with Gasteiger partial charge in [0.2, 0.25) is 0 Å². The Balaban J connectivity index is 2.02. The van der Waals surface area contributed by atoms with Crippen LogP contribution in [-0.4, -0.2) is 17.8 Å². The van der Waals surface area contributed by atoms with E-state index >= 15 is 0 Å². The summed E-state index contributed by atoms with van der Waals surface area (Å²) in [4.78, 5) is 0. The van der Waals surface area contributed by atoms with Gasteiger partial charge in [0.25, 0.3) is 0 Å². The van der Waals surface area contributed by atoms with Gasteiger partial charge in [0.1, 0.15) is 0 Å². The van der Waals surface area contributed by atoms with Gasteiger partial charge in [-0.25, -0.2) is 0 Å². The molecule has 0 radical (unpaired) electrons. The highest BCUT2D eigenvalue weighted by Gasteiger charge is 2.25. The molecule has 2 nitrogen and oxygen atoms in total. The predicted molar refractivity (Wildman–Crippen MR) is 80.2 cm³/mol. The van der Waals surface area contributed by atoms with Crippen LogP contribution >= 0.6 is 0 Å². The maximum absolute atomic E-state index is 10.6. The molecule has 1 aliphatic rings. The van der Waals surface area contributed by atoms with Crippen LogP contribution in [0.15, 0.2) is 24.3 Å². The minimum atomic E-state index is -0.297. The summed E-state index contributed by atoms with van der Waals surface area (Å²) in [6, 6.07) is 8.29. The lowest BCUT2D eigenvalue weighted by molar-refractivity contribution is 0.105. The van der Waals surface area contributed by atoms with E-state index in [2.05, 4.69) is 19.1 Å². The van der Waals surface area contributed by atoms with Crippen molar-refractivity contribution in [3.63, 3.8) is 0 Å². The monoisotopic (exact) mass is 261 g/mol. The molecule has 0 aliphatic heterocycles. The largest absolute Gasteiger partial charge is 0.392 e. The third-order valence-corrected chi connectivity index (χ3v) is 4.61. The van der Waals surface area contributed by atoms with Crippen LogP contribution in [0.3, 0.4) is 0 Å². The molecule has 0 amide bonds. The Morgan fingerprint density at radius 1 is 1.21 bits per heavy atom. The Bertz CT molecular complexity index is 385. The summed E-state index contributed by atoms with van der Waals surface area (Å²) < 4.78 is 0. The van der Waals surface area contributed by atoms with E-state index in [1.807, 2.05) is 12.1 Å². The van der Waals surface area contributed by atoms with Crippen LogP contribution in [0.2, 0.25) is 0 Å². The lowest BCUT2D eigenvalue weighted by Crippen LogP contribution is -2.29. The first kappa shape index (κ1) is 14.5. The SMILES string of the molecule is Cc1ccccc1C(CN)C(O)CC1CCCCC1. The number of hydrogen-bond acceptors (Lipinski definition) is 2. The molecule has 0 spiro atoms. The van der Waals surface area contributed by atoms with Crippen LogP contribution in [-0.2, 0) is 0 Å². The lowest BCUT2D eigenvalue weighted by Gasteiger charge is -2.29. The van der Waals surface area contributed by atoms with Crippen molar-refractivity contribution < 1.29 is 5.11 Å². The van der Waals surface area contributed by atoms with Gasteiger partial charge in [0.05, 0.1) is 6.10 Å². The van der Waals surface area contributed by atoms with Gasteiger partial charge in [-0.05, 0) is 30.4 Å². The smallest absolute Gasteiger partial charge is 0.0623 e. The number of hydrogen-bond donors (Lipinski definition) is 2. The summed E-state index contributed by atoms with van der Waals surface area (Å²) in [5.41, 5.74) is 8.37. The molecule has 1 aromatic carbocycles. The number of aliphatic hydroxyl groups excluding tert-OH is 1. The fourth-order valence-electron chi connectivity index (χ4n) is 3.42. The number of nitrogens with two attached hydrogens (primary N) is 1. The third-order valence-electron chi connectivity index (χ3n) is 4.61. The van der Waals surface area contributed by atoms with Crippen molar-refractivity contribution in [2.75, 3.05) is 6.54 Å². The molecular formula is C17H27NO.